The number of aliphatic imine (C=N–C) groups is 1. The second-order valence-electron chi connectivity index (χ2n) is 9.91. The molecule has 0 saturated heterocycles. The summed E-state index contributed by atoms with van der Waals surface area (Å²) >= 11 is 3.49. The van der Waals surface area contributed by atoms with Gasteiger partial charge in [-0.2, -0.15) is 0 Å². The molecule has 3 N–H and O–H groups in total. The van der Waals surface area contributed by atoms with Crippen molar-refractivity contribution in [2.75, 3.05) is 34.0 Å². The second-order valence-corrected chi connectivity index (χ2v) is 10.8. The summed E-state index contributed by atoms with van der Waals surface area (Å²) < 4.78 is 23.6. The van der Waals surface area contributed by atoms with Crippen molar-refractivity contribution in [2.45, 2.75) is 37.3 Å². The van der Waals surface area contributed by atoms with Crippen molar-refractivity contribution in [1.82, 2.24) is 10.9 Å². The lowest BCUT2D eigenvalue weighted by Crippen LogP contribution is -2.55. The number of aliphatic hydroxyl groups excluding tert-OH is 1. The molecule has 0 fully saturated rings. The van der Waals surface area contributed by atoms with Crippen molar-refractivity contribution in [3.63, 3.8) is 0 Å². The van der Waals surface area contributed by atoms with Crippen molar-refractivity contribution < 1.29 is 28.8 Å². The van der Waals surface area contributed by atoms with E-state index in [9.17, 15) is 4.79 Å². The van der Waals surface area contributed by atoms with E-state index in [2.05, 4.69) is 36.8 Å². The molecule has 0 spiro atoms. The second kappa shape index (κ2) is 16.2. The van der Waals surface area contributed by atoms with Crippen LogP contribution in [0.4, 0.5) is 0 Å². The van der Waals surface area contributed by atoms with Crippen LogP contribution >= 0.6 is 15.9 Å². The number of carbonyl (C=O) groups excluding carboxylic acids is 1. The molecule has 1 heterocycles. The highest BCUT2D eigenvalue weighted by molar-refractivity contribution is 9.10. The van der Waals surface area contributed by atoms with Gasteiger partial charge in [-0.3, -0.25) is 10.2 Å². The van der Waals surface area contributed by atoms with Gasteiger partial charge in [-0.1, -0.05) is 57.4 Å². The third-order valence-corrected chi connectivity index (χ3v) is 7.61. The third-order valence-electron chi connectivity index (χ3n) is 7.08. The molecular formula is C31H35BrN6O6. The van der Waals surface area contributed by atoms with Crippen LogP contribution in [-0.4, -0.2) is 62.7 Å². The van der Waals surface area contributed by atoms with E-state index in [1.54, 1.807) is 12.1 Å². The Morgan fingerprint density at radius 1 is 1.11 bits per heavy atom. The average Bonchev–Trinajstić information content (AvgIpc) is 3.43. The van der Waals surface area contributed by atoms with Crippen LogP contribution in [0.15, 0.2) is 87.4 Å². The molecule has 13 heteroatoms. The molecule has 1 aliphatic rings. The lowest BCUT2D eigenvalue weighted by molar-refractivity contribution is -0.131. The van der Waals surface area contributed by atoms with E-state index in [0.29, 0.717) is 24.3 Å². The van der Waals surface area contributed by atoms with Gasteiger partial charge in [0.05, 0.1) is 19.7 Å². The number of halogens is 1. The lowest BCUT2D eigenvalue weighted by Gasteiger charge is -2.31. The number of methoxy groups -OCH3 is 2. The Balaban J connectivity index is 1.79. The summed E-state index contributed by atoms with van der Waals surface area (Å²) in [4.78, 5) is 22.2. The Morgan fingerprint density at radius 3 is 2.48 bits per heavy atom. The average molecular weight is 668 g/mol. The Hall–Kier alpha value is -3.97. The summed E-state index contributed by atoms with van der Waals surface area (Å²) in [6, 6.07) is 22.2. The van der Waals surface area contributed by atoms with E-state index in [1.807, 2.05) is 60.7 Å². The molecule has 2 atom stereocenters. The van der Waals surface area contributed by atoms with Crippen molar-refractivity contribution in [3.05, 3.63) is 110 Å². The summed E-state index contributed by atoms with van der Waals surface area (Å²) in [5, 5.41) is 12.8. The number of azide groups is 1. The molecule has 1 aliphatic heterocycles. The van der Waals surface area contributed by atoms with Gasteiger partial charge in [0, 0.05) is 48.6 Å². The van der Waals surface area contributed by atoms with E-state index < -0.39 is 23.8 Å². The molecule has 0 saturated carbocycles. The Morgan fingerprint density at radius 2 is 1.82 bits per heavy atom. The number of hydrogen-bond donors (Lipinski definition) is 3. The topological polar surface area (TPSA) is 159 Å². The molecule has 3 aromatic carbocycles. The largest absolute Gasteiger partial charge is 0.494 e. The van der Waals surface area contributed by atoms with Crippen LogP contribution < -0.4 is 15.6 Å². The molecule has 0 unspecified atom stereocenters. The standard InChI is InChI=1S/C31H35BrN6O6/c1-41-27(42-2)20-34-37-30(40)31(18-23-6-3-4-7-24(23)19-35-38-33)28(21-8-12-25(32)13-9-21)44-29(36-31)22-10-14-26(15-11-22)43-17-5-16-39/h3-4,6-15,27-28,34,39H,5,16-20H2,1-2H3,(H,37,40)/t28-,31-/m0/s1. The van der Waals surface area contributed by atoms with Gasteiger partial charge in [-0.25, -0.2) is 10.4 Å². The summed E-state index contributed by atoms with van der Waals surface area (Å²) in [6.45, 7) is 0.727. The Labute approximate surface area is 264 Å². The Kier molecular flexibility index (Phi) is 12.1. The summed E-state index contributed by atoms with van der Waals surface area (Å²) in [7, 11) is 3.02. The number of hydrogen-bond acceptors (Lipinski definition) is 9. The van der Waals surface area contributed by atoms with Crippen molar-refractivity contribution in [3.8, 4) is 5.75 Å². The highest BCUT2D eigenvalue weighted by Gasteiger charge is 2.53. The maximum absolute atomic E-state index is 14.3. The minimum Gasteiger partial charge on any atom is -0.494 e. The lowest BCUT2D eigenvalue weighted by atomic mass is 9.81. The monoisotopic (exact) mass is 666 g/mol. The fourth-order valence-electron chi connectivity index (χ4n) is 4.79. The smallest absolute Gasteiger partial charge is 0.266 e. The zero-order valence-corrected chi connectivity index (χ0v) is 26.1. The van der Waals surface area contributed by atoms with Crippen LogP contribution in [-0.2, 0) is 32.0 Å². The van der Waals surface area contributed by atoms with Gasteiger partial charge >= 0.3 is 0 Å². The number of aliphatic hydroxyl groups is 1. The number of benzene rings is 3. The predicted molar refractivity (Wildman–Crippen MR) is 168 cm³/mol. The molecule has 4 rings (SSSR count). The maximum atomic E-state index is 14.3. The first kappa shape index (κ1) is 32.9. The van der Waals surface area contributed by atoms with Crippen molar-refractivity contribution >= 4 is 27.7 Å². The number of nitrogens with one attached hydrogen (secondary N) is 2. The van der Waals surface area contributed by atoms with Crippen molar-refractivity contribution in [2.24, 2.45) is 10.1 Å². The van der Waals surface area contributed by atoms with Crippen LogP contribution in [0.1, 0.15) is 34.8 Å². The first-order valence-corrected chi connectivity index (χ1v) is 14.8. The van der Waals surface area contributed by atoms with E-state index in [4.69, 9.17) is 34.6 Å². The summed E-state index contributed by atoms with van der Waals surface area (Å²) in [6.07, 6.45) is -0.743. The SMILES string of the molecule is COC(CNNC(=O)[C@@]1(Cc2ccccc2CN=[N+]=[N-])N=C(c2ccc(OCCCO)cc2)O[C@H]1c1ccc(Br)cc1)OC. The van der Waals surface area contributed by atoms with Gasteiger partial charge in [-0.15, -0.1) is 0 Å². The molecule has 232 valence electrons. The molecular weight excluding hydrogens is 632 g/mol. The van der Waals surface area contributed by atoms with E-state index >= 15 is 0 Å². The molecule has 44 heavy (non-hydrogen) atoms. The number of nitrogens with zero attached hydrogens (tertiary/aromatic N) is 4. The van der Waals surface area contributed by atoms with Gasteiger partial charge in [0.1, 0.15) is 5.75 Å². The molecule has 0 bridgehead atoms. The molecule has 0 radical (unpaired) electrons. The molecule has 1 amide bonds. The quantitative estimate of drug-likeness (QED) is 0.0496. The summed E-state index contributed by atoms with van der Waals surface area (Å²) in [5.41, 5.74) is 16.2. The van der Waals surface area contributed by atoms with Gasteiger partial charge in [0.15, 0.2) is 17.9 Å². The van der Waals surface area contributed by atoms with E-state index in [1.165, 1.54) is 14.2 Å². The van der Waals surface area contributed by atoms with Crippen LogP contribution in [0.5, 0.6) is 5.75 Å². The predicted octanol–water partition coefficient (Wildman–Crippen LogP) is 4.76. The first-order chi connectivity index (χ1) is 21.4. The highest BCUT2D eigenvalue weighted by atomic mass is 79.9. The highest BCUT2D eigenvalue weighted by Crippen LogP contribution is 2.43. The fraction of sp³-hybridized carbons (Fsp3) is 0.355. The van der Waals surface area contributed by atoms with Crippen LogP contribution in [0, 0.1) is 0 Å². The number of hydrazine groups is 1. The minimum absolute atomic E-state index is 0.0444. The minimum atomic E-state index is -1.48. The molecule has 0 aromatic heterocycles. The number of ether oxygens (including phenoxy) is 4. The number of carbonyl (C=O) groups is 1. The van der Waals surface area contributed by atoms with Crippen LogP contribution in [0.25, 0.3) is 10.4 Å². The zero-order valence-electron chi connectivity index (χ0n) is 24.5. The Bertz CT molecular complexity index is 1460. The molecule has 3 aromatic rings. The number of amides is 1. The molecule has 0 aliphatic carbocycles. The van der Waals surface area contributed by atoms with E-state index in [0.717, 1.165) is 21.2 Å². The van der Waals surface area contributed by atoms with Crippen LogP contribution in [0.2, 0.25) is 0 Å². The molecule has 12 nitrogen and oxygen atoms in total. The third kappa shape index (κ3) is 8.14. The maximum Gasteiger partial charge on any atom is 0.266 e. The van der Waals surface area contributed by atoms with Gasteiger partial charge in [-0.05, 0) is 58.6 Å². The first-order valence-electron chi connectivity index (χ1n) is 14.0. The van der Waals surface area contributed by atoms with Gasteiger partial charge in [0.25, 0.3) is 5.91 Å². The fourth-order valence-corrected chi connectivity index (χ4v) is 5.05. The number of rotatable bonds is 16. The van der Waals surface area contributed by atoms with Gasteiger partial charge in [0.2, 0.25) is 5.90 Å². The van der Waals surface area contributed by atoms with Crippen LogP contribution in [0.3, 0.4) is 0 Å². The zero-order chi connectivity index (χ0) is 31.4. The van der Waals surface area contributed by atoms with Gasteiger partial charge < -0.3 is 24.1 Å². The van der Waals surface area contributed by atoms with Crippen molar-refractivity contribution in [1.29, 1.82) is 0 Å². The summed E-state index contributed by atoms with van der Waals surface area (Å²) in [5.74, 6) is 0.486. The van der Waals surface area contributed by atoms with E-state index in [-0.39, 0.29) is 32.0 Å². The normalized spacial score (nSPS) is 17.5.